The van der Waals surface area contributed by atoms with Crippen LogP contribution in [0.3, 0.4) is 0 Å². The molecule has 1 aromatic heterocycles. The fourth-order valence-electron chi connectivity index (χ4n) is 1.00. The van der Waals surface area contributed by atoms with Crippen LogP contribution < -0.4 is 0 Å². The number of methoxy groups -OCH3 is 1. The summed E-state index contributed by atoms with van der Waals surface area (Å²) in [7, 11) is 1.25. The van der Waals surface area contributed by atoms with Crippen molar-refractivity contribution < 1.29 is 32.2 Å². The largest absolute Gasteiger partial charge is 0.475 e. The Hall–Kier alpha value is -1.57. The van der Waals surface area contributed by atoms with E-state index >= 15 is 0 Å². The Morgan fingerprint density at radius 1 is 1.41 bits per heavy atom. The number of hydrogen-bond donors (Lipinski definition) is 1. The van der Waals surface area contributed by atoms with Gasteiger partial charge in [0.15, 0.2) is 5.69 Å². The lowest BCUT2D eigenvalue weighted by atomic mass is 10.1. The average Bonchev–Trinajstić information content (AvgIpc) is 2.61. The highest BCUT2D eigenvalue weighted by Gasteiger charge is 2.43. The highest BCUT2D eigenvalue weighted by Crippen LogP contribution is 2.34. The van der Waals surface area contributed by atoms with Crippen LogP contribution in [0.1, 0.15) is 36.0 Å². The SMILES string of the molecule is COC(C)(C)c1nc(C(F)(F)F)c(C(=O)O)o1. The third-order valence-electron chi connectivity index (χ3n) is 2.12. The van der Waals surface area contributed by atoms with Gasteiger partial charge in [-0.2, -0.15) is 13.2 Å². The molecule has 96 valence electrons. The highest BCUT2D eigenvalue weighted by atomic mass is 19.4. The topological polar surface area (TPSA) is 72.6 Å². The summed E-state index contributed by atoms with van der Waals surface area (Å²) in [6.45, 7) is 2.81. The van der Waals surface area contributed by atoms with Crippen LogP contribution in [0, 0.1) is 0 Å². The van der Waals surface area contributed by atoms with Crippen LogP contribution in [-0.2, 0) is 16.5 Å². The van der Waals surface area contributed by atoms with Crippen molar-refractivity contribution in [2.75, 3.05) is 7.11 Å². The quantitative estimate of drug-likeness (QED) is 0.894. The van der Waals surface area contributed by atoms with Crippen molar-refractivity contribution in [1.82, 2.24) is 4.98 Å². The first-order valence-corrected chi connectivity index (χ1v) is 4.46. The molecule has 1 rings (SSSR count). The van der Waals surface area contributed by atoms with E-state index in [-0.39, 0.29) is 0 Å². The number of alkyl halides is 3. The maximum atomic E-state index is 12.5. The Balaban J connectivity index is 3.37. The minimum Gasteiger partial charge on any atom is -0.475 e. The van der Waals surface area contributed by atoms with Crippen LogP contribution in [0.2, 0.25) is 0 Å². The lowest BCUT2D eigenvalue weighted by Gasteiger charge is -2.17. The molecule has 0 unspecified atom stereocenters. The van der Waals surface area contributed by atoms with Crippen LogP contribution in [0.4, 0.5) is 13.2 Å². The number of rotatable bonds is 3. The van der Waals surface area contributed by atoms with Crippen molar-refractivity contribution in [3.05, 3.63) is 17.3 Å². The number of aromatic nitrogens is 1. The summed E-state index contributed by atoms with van der Waals surface area (Å²) >= 11 is 0. The van der Waals surface area contributed by atoms with Crippen LogP contribution in [0.15, 0.2) is 4.42 Å². The predicted octanol–water partition coefficient (Wildman–Crippen LogP) is 2.27. The van der Waals surface area contributed by atoms with Crippen molar-refractivity contribution in [3.8, 4) is 0 Å². The number of nitrogens with zero attached hydrogens (tertiary/aromatic N) is 1. The number of carboxylic acid groups (broad SMARTS) is 1. The van der Waals surface area contributed by atoms with E-state index in [1.807, 2.05) is 0 Å². The molecule has 17 heavy (non-hydrogen) atoms. The first kappa shape index (κ1) is 13.5. The van der Waals surface area contributed by atoms with Crippen LogP contribution in [0.25, 0.3) is 0 Å². The zero-order valence-corrected chi connectivity index (χ0v) is 9.25. The summed E-state index contributed by atoms with van der Waals surface area (Å²) in [5.74, 6) is -3.51. The number of oxazole rings is 1. The Kier molecular flexibility index (Phi) is 3.19. The molecular weight excluding hydrogens is 243 g/mol. The maximum absolute atomic E-state index is 12.5. The molecule has 0 atom stereocenters. The van der Waals surface area contributed by atoms with Crippen molar-refractivity contribution in [2.45, 2.75) is 25.6 Å². The molecule has 0 aliphatic heterocycles. The van der Waals surface area contributed by atoms with E-state index in [0.29, 0.717) is 0 Å². The number of hydrogen-bond acceptors (Lipinski definition) is 4. The highest BCUT2D eigenvalue weighted by molar-refractivity contribution is 5.85. The molecule has 5 nitrogen and oxygen atoms in total. The minimum absolute atomic E-state index is 0.440. The van der Waals surface area contributed by atoms with Crippen LogP contribution >= 0.6 is 0 Å². The monoisotopic (exact) mass is 253 g/mol. The average molecular weight is 253 g/mol. The van der Waals surface area contributed by atoms with Gasteiger partial charge in [0.2, 0.25) is 11.7 Å². The van der Waals surface area contributed by atoms with Gasteiger partial charge in [0.05, 0.1) is 0 Å². The molecule has 1 heterocycles. The molecule has 0 aliphatic rings. The Morgan fingerprint density at radius 2 is 1.94 bits per heavy atom. The van der Waals surface area contributed by atoms with Crippen molar-refractivity contribution in [2.24, 2.45) is 0 Å². The second kappa shape index (κ2) is 4.02. The predicted molar refractivity (Wildman–Crippen MR) is 48.5 cm³/mol. The standard InChI is InChI=1S/C9H10F3NO4/c1-8(2,16-3)7-13-5(9(10,11)12)4(17-7)6(14)15/h1-3H3,(H,14,15). The van der Waals surface area contributed by atoms with Gasteiger partial charge in [-0.15, -0.1) is 0 Å². The zero-order valence-electron chi connectivity index (χ0n) is 9.25. The summed E-state index contributed by atoms with van der Waals surface area (Å²) in [4.78, 5) is 13.8. The third-order valence-corrected chi connectivity index (χ3v) is 2.12. The van der Waals surface area contributed by atoms with E-state index in [9.17, 15) is 18.0 Å². The van der Waals surface area contributed by atoms with Crippen molar-refractivity contribution >= 4 is 5.97 Å². The molecule has 0 amide bonds. The van der Waals surface area contributed by atoms with E-state index in [4.69, 9.17) is 9.84 Å². The molecule has 0 bridgehead atoms. The first-order chi connectivity index (χ1) is 7.59. The summed E-state index contributed by atoms with van der Waals surface area (Å²) in [6.07, 6.45) is -4.89. The molecule has 0 saturated heterocycles. The van der Waals surface area contributed by atoms with Gasteiger partial charge in [-0.3, -0.25) is 0 Å². The summed E-state index contributed by atoms with van der Waals surface area (Å²) < 4.78 is 46.9. The smallest absolute Gasteiger partial charge is 0.437 e. The summed E-state index contributed by atoms with van der Waals surface area (Å²) in [5, 5.41) is 8.61. The van der Waals surface area contributed by atoms with E-state index in [2.05, 4.69) is 9.40 Å². The van der Waals surface area contributed by atoms with Crippen molar-refractivity contribution in [1.29, 1.82) is 0 Å². The van der Waals surface area contributed by atoms with Gasteiger partial charge in [0.25, 0.3) is 0 Å². The number of halogens is 3. The second-order valence-electron chi connectivity index (χ2n) is 3.71. The molecule has 0 saturated carbocycles. The third kappa shape index (κ3) is 2.57. The maximum Gasteiger partial charge on any atom is 0.437 e. The molecule has 0 aromatic carbocycles. The number of carbonyl (C=O) groups is 1. The molecular formula is C9H10F3NO4. The van der Waals surface area contributed by atoms with E-state index in [1.165, 1.54) is 21.0 Å². The van der Waals surface area contributed by atoms with Gasteiger partial charge in [0.1, 0.15) is 5.60 Å². The Labute approximate surface area is 94.2 Å². The van der Waals surface area contributed by atoms with E-state index in [1.54, 1.807) is 0 Å². The lowest BCUT2D eigenvalue weighted by molar-refractivity contribution is -0.141. The van der Waals surface area contributed by atoms with E-state index in [0.717, 1.165) is 0 Å². The fourth-order valence-corrected chi connectivity index (χ4v) is 1.00. The Morgan fingerprint density at radius 3 is 2.24 bits per heavy atom. The van der Waals surface area contributed by atoms with Gasteiger partial charge in [-0.25, -0.2) is 9.78 Å². The molecule has 1 N–H and O–H groups in total. The Bertz CT molecular complexity index is 436. The molecule has 0 spiro atoms. The van der Waals surface area contributed by atoms with Crippen LogP contribution in [0.5, 0.6) is 0 Å². The van der Waals surface area contributed by atoms with Gasteiger partial charge in [-0.05, 0) is 13.8 Å². The van der Waals surface area contributed by atoms with Gasteiger partial charge >= 0.3 is 12.1 Å². The van der Waals surface area contributed by atoms with Crippen molar-refractivity contribution in [3.63, 3.8) is 0 Å². The number of aromatic carboxylic acids is 1. The number of ether oxygens (including phenoxy) is 1. The zero-order chi connectivity index (χ0) is 13.4. The van der Waals surface area contributed by atoms with E-state index < -0.39 is 35.1 Å². The summed E-state index contributed by atoms with van der Waals surface area (Å²) in [6, 6.07) is 0. The normalized spacial score (nSPS) is 12.8. The molecule has 0 fully saturated rings. The lowest BCUT2D eigenvalue weighted by Crippen LogP contribution is -2.20. The molecule has 0 aliphatic carbocycles. The first-order valence-electron chi connectivity index (χ1n) is 4.46. The number of carboxylic acids is 1. The fraction of sp³-hybridized carbons (Fsp3) is 0.556. The van der Waals surface area contributed by atoms with Gasteiger partial charge in [-0.1, -0.05) is 0 Å². The molecule has 0 radical (unpaired) electrons. The molecule has 8 heteroatoms. The summed E-state index contributed by atoms with van der Waals surface area (Å²) in [5.41, 5.74) is -2.81. The van der Waals surface area contributed by atoms with Gasteiger partial charge in [0, 0.05) is 7.11 Å². The van der Waals surface area contributed by atoms with Crippen LogP contribution in [-0.4, -0.2) is 23.2 Å². The molecule has 1 aromatic rings. The van der Waals surface area contributed by atoms with Gasteiger partial charge < -0.3 is 14.3 Å². The second-order valence-corrected chi connectivity index (χ2v) is 3.71. The minimum atomic E-state index is -4.89.